The van der Waals surface area contributed by atoms with Crippen molar-refractivity contribution in [3.8, 4) is 0 Å². The Kier molecular flexibility index (Phi) is 3.74. The molecule has 0 amide bonds. The van der Waals surface area contributed by atoms with E-state index < -0.39 is 0 Å². The number of nitrogens with one attached hydrogen (secondary N) is 1. The van der Waals surface area contributed by atoms with Gasteiger partial charge >= 0.3 is 0 Å². The van der Waals surface area contributed by atoms with Crippen LogP contribution in [0.4, 0.5) is 0 Å². The highest BCUT2D eigenvalue weighted by atomic mass is 15.0. The highest BCUT2D eigenvalue weighted by Crippen LogP contribution is 2.18. The quantitative estimate of drug-likeness (QED) is 0.612. The molecule has 0 aliphatic heterocycles. The molecule has 0 aromatic heterocycles. The maximum atomic E-state index is 5.93. The molecule has 1 aliphatic rings. The Hall–Kier alpha value is -0.0800. The van der Waals surface area contributed by atoms with E-state index in [0.29, 0.717) is 12.1 Å². The zero-order valence-electron chi connectivity index (χ0n) is 9.27. The van der Waals surface area contributed by atoms with Crippen LogP contribution >= 0.6 is 0 Å². The molecule has 1 rings (SSSR count). The molecule has 13 heavy (non-hydrogen) atoms. The molecule has 0 saturated heterocycles. The van der Waals surface area contributed by atoms with Gasteiger partial charge in [0.15, 0.2) is 0 Å². The minimum absolute atomic E-state index is 0.249. The summed E-state index contributed by atoms with van der Waals surface area (Å²) in [4.78, 5) is 0. The van der Waals surface area contributed by atoms with Crippen LogP contribution in [0.3, 0.4) is 0 Å². The lowest BCUT2D eigenvalue weighted by Gasteiger charge is -2.27. The van der Waals surface area contributed by atoms with Crippen LogP contribution in [0, 0.1) is 0 Å². The third kappa shape index (κ3) is 4.63. The van der Waals surface area contributed by atoms with E-state index in [1.165, 1.54) is 32.1 Å². The van der Waals surface area contributed by atoms with Crippen molar-refractivity contribution in [2.24, 2.45) is 5.73 Å². The highest BCUT2D eigenvalue weighted by Gasteiger charge is 2.20. The van der Waals surface area contributed by atoms with Crippen LogP contribution in [-0.2, 0) is 0 Å². The van der Waals surface area contributed by atoms with E-state index in [1.807, 2.05) is 0 Å². The Labute approximate surface area is 82.3 Å². The van der Waals surface area contributed by atoms with Crippen LogP contribution in [-0.4, -0.2) is 17.6 Å². The van der Waals surface area contributed by atoms with Gasteiger partial charge in [-0.3, -0.25) is 0 Å². The molecule has 3 N–H and O–H groups in total. The fourth-order valence-corrected chi connectivity index (χ4v) is 2.09. The lowest BCUT2D eigenvalue weighted by Crippen LogP contribution is -2.43. The van der Waals surface area contributed by atoms with E-state index >= 15 is 0 Å². The van der Waals surface area contributed by atoms with Crippen molar-refractivity contribution in [1.29, 1.82) is 0 Å². The second kappa shape index (κ2) is 4.43. The summed E-state index contributed by atoms with van der Waals surface area (Å²) in [5.41, 5.74) is 6.18. The first-order valence-corrected chi connectivity index (χ1v) is 5.51. The average molecular weight is 184 g/mol. The second-order valence-electron chi connectivity index (χ2n) is 5.36. The van der Waals surface area contributed by atoms with Crippen molar-refractivity contribution in [3.63, 3.8) is 0 Å². The van der Waals surface area contributed by atoms with Crippen molar-refractivity contribution in [3.05, 3.63) is 0 Å². The molecule has 0 bridgehead atoms. The molecule has 0 heterocycles. The summed E-state index contributed by atoms with van der Waals surface area (Å²) in [7, 11) is 0. The summed E-state index contributed by atoms with van der Waals surface area (Å²) in [6.45, 7) is 6.70. The van der Waals surface area contributed by atoms with Crippen molar-refractivity contribution < 1.29 is 0 Å². The van der Waals surface area contributed by atoms with Gasteiger partial charge in [0.2, 0.25) is 0 Å². The van der Waals surface area contributed by atoms with E-state index in [9.17, 15) is 0 Å². The van der Waals surface area contributed by atoms with Crippen molar-refractivity contribution in [2.45, 2.75) is 70.5 Å². The predicted octanol–water partition coefficient (Wildman–Crippen LogP) is 2.03. The summed E-state index contributed by atoms with van der Waals surface area (Å²) in [5, 5.41) is 3.66. The smallest absolute Gasteiger partial charge is 0.00990 e. The molecule has 2 nitrogen and oxygen atoms in total. The van der Waals surface area contributed by atoms with Crippen LogP contribution in [0.15, 0.2) is 0 Å². The standard InChI is InChI=1S/C11H24N2/c1-11(2,3)13-10-6-4-5-9(12)7-8-10/h9-10,13H,4-8,12H2,1-3H3. The topological polar surface area (TPSA) is 38.0 Å². The molecule has 1 saturated carbocycles. The lowest BCUT2D eigenvalue weighted by molar-refractivity contribution is 0.334. The van der Waals surface area contributed by atoms with Gasteiger partial charge in [-0.2, -0.15) is 0 Å². The summed E-state index contributed by atoms with van der Waals surface area (Å²) in [6, 6.07) is 1.14. The first kappa shape index (κ1) is 11.0. The van der Waals surface area contributed by atoms with Gasteiger partial charge in [0, 0.05) is 17.6 Å². The van der Waals surface area contributed by atoms with Crippen molar-refractivity contribution >= 4 is 0 Å². The van der Waals surface area contributed by atoms with Gasteiger partial charge < -0.3 is 11.1 Å². The first-order chi connectivity index (χ1) is 5.97. The Balaban J connectivity index is 2.34. The van der Waals surface area contributed by atoms with E-state index in [-0.39, 0.29) is 5.54 Å². The van der Waals surface area contributed by atoms with Gasteiger partial charge in [-0.05, 0) is 46.5 Å². The van der Waals surface area contributed by atoms with Crippen LogP contribution in [0.5, 0.6) is 0 Å². The number of hydrogen-bond donors (Lipinski definition) is 2. The summed E-state index contributed by atoms with van der Waals surface area (Å²) < 4.78 is 0. The molecule has 2 atom stereocenters. The Morgan fingerprint density at radius 3 is 2.38 bits per heavy atom. The van der Waals surface area contributed by atoms with Crippen LogP contribution < -0.4 is 11.1 Å². The van der Waals surface area contributed by atoms with Crippen molar-refractivity contribution in [2.75, 3.05) is 0 Å². The van der Waals surface area contributed by atoms with E-state index in [2.05, 4.69) is 26.1 Å². The fourth-order valence-electron chi connectivity index (χ4n) is 2.09. The maximum Gasteiger partial charge on any atom is 0.00990 e. The zero-order valence-corrected chi connectivity index (χ0v) is 9.27. The Morgan fingerprint density at radius 2 is 1.77 bits per heavy atom. The third-order valence-corrected chi connectivity index (χ3v) is 2.65. The maximum absolute atomic E-state index is 5.93. The molecule has 78 valence electrons. The highest BCUT2D eigenvalue weighted by molar-refractivity contribution is 4.81. The molecule has 0 aromatic carbocycles. The Bertz CT molecular complexity index is 149. The normalized spacial score (nSPS) is 31.4. The average Bonchev–Trinajstić information content (AvgIpc) is 2.12. The van der Waals surface area contributed by atoms with Gasteiger partial charge in [-0.15, -0.1) is 0 Å². The molecule has 0 aromatic rings. The molecule has 2 heteroatoms. The molecule has 1 aliphatic carbocycles. The monoisotopic (exact) mass is 184 g/mol. The number of rotatable bonds is 1. The first-order valence-electron chi connectivity index (χ1n) is 5.51. The molecule has 0 spiro atoms. The third-order valence-electron chi connectivity index (χ3n) is 2.65. The van der Waals surface area contributed by atoms with Gasteiger partial charge in [-0.25, -0.2) is 0 Å². The lowest BCUT2D eigenvalue weighted by atomic mass is 10.0. The van der Waals surface area contributed by atoms with Gasteiger partial charge in [0.1, 0.15) is 0 Å². The SMILES string of the molecule is CC(C)(C)NC1CCCC(N)CC1. The zero-order chi connectivity index (χ0) is 9.90. The molecule has 2 unspecified atom stereocenters. The van der Waals surface area contributed by atoms with E-state index in [4.69, 9.17) is 5.73 Å². The minimum atomic E-state index is 0.249. The molecular weight excluding hydrogens is 160 g/mol. The summed E-state index contributed by atoms with van der Waals surface area (Å²) in [5.74, 6) is 0. The van der Waals surface area contributed by atoms with Gasteiger partial charge in [-0.1, -0.05) is 6.42 Å². The number of nitrogens with two attached hydrogens (primary N) is 1. The van der Waals surface area contributed by atoms with Crippen molar-refractivity contribution in [1.82, 2.24) is 5.32 Å². The molecular formula is C11H24N2. The largest absolute Gasteiger partial charge is 0.328 e. The van der Waals surface area contributed by atoms with Crippen LogP contribution in [0.2, 0.25) is 0 Å². The summed E-state index contributed by atoms with van der Waals surface area (Å²) >= 11 is 0. The number of hydrogen-bond acceptors (Lipinski definition) is 2. The van der Waals surface area contributed by atoms with Gasteiger partial charge in [0.05, 0.1) is 0 Å². The second-order valence-corrected chi connectivity index (χ2v) is 5.36. The Morgan fingerprint density at radius 1 is 1.08 bits per heavy atom. The van der Waals surface area contributed by atoms with Crippen LogP contribution in [0.25, 0.3) is 0 Å². The summed E-state index contributed by atoms with van der Waals surface area (Å²) in [6.07, 6.45) is 6.23. The molecule has 0 radical (unpaired) electrons. The predicted molar refractivity (Wildman–Crippen MR) is 57.7 cm³/mol. The van der Waals surface area contributed by atoms with E-state index in [0.717, 1.165) is 0 Å². The van der Waals surface area contributed by atoms with E-state index in [1.54, 1.807) is 0 Å². The fraction of sp³-hybridized carbons (Fsp3) is 1.00. The van der Waals surface area contributed by atoms with Crippen LogP contribution in [0.1, 0.15) is 52.9 Å². The van der Waals surface area contributed by atoms with Gasteiger partial charge in [0.25, 0.3) is 0 Å². The minimum Gasteiger partial charge on any atom is -0.328 e. The molecule has 1 fully saturated rings.